The molecule has 0 saturated carbocycles. The number of hydrogen-bond acceptors (Lipinski definition) is 3. The van der Waals surface area contributed by atoms with Gasteiger partial charge in [0.2, 0.25) is 0 Å². The molecule has 2 N–H and O–H groups in total. The van der Waals surface area contributed by atoms with Crippen LogP contribution in [0, 0.1) is 0 Å². The molecule has 1 aromatic carbocycles. The Labute approximate surface area is 154 Å². The first kappa shape index (κ1) is 19.3. The van der Waals surface area contributed by atoms with Gasteiger partial charge in [-0.3, -0.25) is 0 Å². The third-order valence-electron chi connectivity index (χ3n) is 3.97. The molecule has 6 heteroatoms. The first-order valence-electron chi connectivity index (χ1n) is 8.90. The second kappa shape index (κ2) is 10.1. The lowest BCUT2D eigenvalue weighted by Crippen LogP contribution is -2.38. The topological polar surface area (TPSA) is 62.5 Å². The minimum absolute atomic E-state index is 0.576. The van der Waals surface area contributed by atoms with Gasteiger partial charge in [-0.2, -0.15) is 0 Å². The monoisotopic (exact) mass is 362 g/mol. The number of hydrogen-bond donors (Lipinski definition) is 2. The first-order valence-corrected chi connectivity index (χ1v) is 9.28. The van der Waals surface area contributed by atoms with E-state index < -0.39 is 0 Å². The van der Waals surface area contributed by atoms with Crippen LogP contribution in [0.1, 0.15) is 43.4 Å². The highest BCUT2D eigenvalue weighted by Gasteiger charge is 2.13. The maximum atomic E-state index is 5.92. The number of aliphatic imine (C=N–C) groups is 1. The molecule has 0 aliphatic carbocycles. The number of nitrogens with zero attached hydrogens (tertiary/aromatic N) is 2. The average Bonchev–Trinajstić information content (AvgIpc) is 3.03. The van der Waals surface area contributed by atoms with Crippen LogP contribution in [0.4, 0.5) is 0 Å². The van der Waals surface area contributed by atoms with Crippen molar-refractivity contribution < 1.29 is 4.52 Å². The lowest BCUT2D eigenvalue weighted by molar-refractivity contribution is 0.380. The Morgan fingerprint density at radius 3 is 2.52 bits per heavy atom. The lowest BCUT2D eigenvalue weighted by Gasteiger charge is -2.11. The summed E-state index contributed by atoms with van der Waals surface area (Å²) < 4.78 is 5.41. The van der Waals surface area contributed by atoms with Gasteiger partial charge in [0.05, 0.1) is 12.2 Å². The van der Waals surface area contributed by atoms with Crippen LogP contribution in [-0.2, 0) is 25.8 Å². The van der Waals surface area contributed by atoms with E-state index in [0.717, 1.165) is 60.4 Å². The summed E-state index contributed by atoms with van der Waals surface area (Å²) in [7, 11) is 0. The highest BCUT2D eigenvalue weighted by molar-refractivity contribution is 6.30. The quantitative estimate of drug-likeness (QED) is 0.554. The molecule has 0 unspecified atom stereocenters. The molecule has 0 atom stereocenters. The molecule has 0 saturated heterocycles. The van der Waals surface area contributed by atoms with Gasteiger partial charge < -0.3 is 15.2 Å². The van der Waals surface area contributed by atoms with Gasteiger partial charge in [-0.15, -0.1) is 0 Å². The summed E-state index contributed by atoms with van der Waals surface area (Å²) in [5, 5.41) is 11.6. The Bertz CT molecular complexity index is 658. The van der Waals surface area contributed by atoms with E-state index in [4.69, 9.17) is 21.1 Å². The largest absolute Gasteiger partial charge is 0.361 e. The zero-order valence-corrected chi connectivity index (χ0v) is 16.0. The zero-order valence-electron chi connectivity index (χ0n) is 15.2. The van der Waals surface area contributed by atoms with Crippen LogP contribution in [0.3, 0.4) is 0 Å². The van der Waals surface area contributed by atoms with Crippen molar-refractivity contribution in [2.75, 3.05) is 13.1 Å². The predicted molar refractivity (Wildman–Crippen MR) is 103 cm³/mol. The summed E-state index contributed by atoms with van der Waals surface area (Å²) in [6.45, 7) is 8.41. The molecule has 1 heterocycles. The SMILES string of the molecule is CCNC(=NCc1c(CC)noc1CC)NCCc1ccc(Cl)cc1. The third-order valence-corrected chi connectivity index (χ3v) is 4.22. The summed E-state index contributed by atoms with van der Waals surface area (Å²) in [6.07, 6.45) is 2.60. The molecule has 0 aliphatic rings. The van der Waals surface area contributed by atoms with Crippen LogP contribution in [0.15, 0.2) is 33.8 Å². The smallest absolute Gasteiger partial charge is 0.191 e. The van der Waals surface area contributed by atoms with Crippen molar-refractivity contribution >= 4 is 17.6 Å². The van der Waals surface area contributed by atoms with Gasteiger partial charge in [0.1, 0.15) is 5.76 Å². The second-order valence-corrected chi connectivity index (χ2v) is 6.17. The van der Waals surface area contributed by atoms with Crippen molar-refractivity contribution in [1.82, 2.24) is 15.8 Å². The van der Waals surface area contributed by atoms with Crippen molar-refractivity contribution in [3.05, 3.63) is 51.9 Å². The van der Waals surface area contributed by atoms with E-state index in [1.807, 2.05) is 24.3 Å². The standard InChI is InChI=1S/C19H27ClN4O/c1-4-17-16(18(5-2)25-24-17)13-23-19(21-6-3)22-12-11-14-7-9-15(20)10-8-14/h7-10H,4-6,11-13H2,1-3H3,(H2,21,22,23). The first-order chi connectivity index (χ1) is 12.2. The number of guanidine groups is 1. The Morgan fingerprint density at radius 1 is 1.12 bits per heavy atom. The maximum absolute atomic E-state index is 5.92. The molecular formula is C19H27ClN4O. The average molecular weight is 363 g/mol. The van der Waals surface area contributed by atoms with Crippen LogP contribution in [-0.4, -0.2) is 24.2 Å². The van der Waals surface area contributed by atoms with E-state index in [9.17, 15) is 0 Å². The lowest BCUT2D eigenvalue weighted by atomic mass is 10.1. The fraction of sp³-hybridized carbons (Fsp3) is 0.474. The second-order valence-electron chi connectivity index (χ2n) is 5.74. The molecule has 0 aliphatic heterocycles. The van der Waals surface area contributed by atoms with Crippen LogP contribution < -0.4 is 10.6 Å². The summed E-state index contributed by atoms with van der Waals surface area (Å²) in [4.78, 5) is 4.69. The summed E-state index contributed by atoms with van der Waals surface area (Å²) in [5.74, 6) is 1.74. The molecule has 2 aromatic rings. The molecule has 0 fully saturated rings. The Hall–Kier alpha value is -2.01. The fourth-order valence-corrected chi connectivity index (χ4v) is 2.72. The molecular weight excluding hydrogens is 336 g/mol. The minimum atomic E-state index is 0.576. The Balaban J connectivity index is 1.96. The van der Waals surface area contributed by atoms with E-state index in [2.05, 4.69) is 36.6 Å². The molecule has 5 nitrogen and oxygen atoms in total. The summed E-state index contributed by atoms with van der Waals surface area (Å²) >= 11 is 5.92. The van der Waals surface area contributed by atoms with Crippen molar-refractivity contribution in [2.45, 2.75) is 46.6 Å². The van der Waals surface area contributed by atoms with Crippen LogP contribution in [0.25, 0.3) is 0 Å². The minimum Gasteiger partial charge on any atom is -0.361 e. The molecule has 0 amide bonds. The summed E-state index contributed by atoms with van der Waals surface area (Å²) in [5.41, 5.74) is 3.35. The number of nitrogens with one attached hydrogen (secondary N) is 2. The van der Waals surface area contributed by atoms with E-state index >= 15 is 0 Å². The van der Waals surface area contributed by atoms with Crippen LogP contribution in [0.2, 0.25) is 5.02 Å². The van der Waals surface area contributed by atoms with Gasteiger partial charge in [0, 0.05) is 30.1 Å². The normalized spacial score (nSPS) is 11.6. The molecule has 0 radical (unpaired) electrons. The molecule has 2 rings (SSSR count). The number of benzene rings is 1. The predicted octanol–water partition coefficient (Wildman–Crippen LogP) is 3.75. The van der Waals surface area contributed by atoms with Gasteiger partial charge in [-0.25, -0.2) is 4.99 Å². The van der Waals surface area contributed by atoms with Gasteiger partial charge >= 0.3 is 0 Å². The number of halogens is 1. The Morgan fingerprint density at radius 2 is 1.88 bits per heavy atom. The van der Waals surface area contributed by atoms with Gasteiger partial charge in [-0.05, 0) is 37.5 Å². The Kier molecular flexibility index (Phi) is 7.79. The number of aromatic nitrogens is 1. The van der Waals surface area contributed by atoms with Crippen molar-refractivity contribution in [3.63, 3.8) is 0 Å². The van der Waals surface area contributed by atoms with Gasteiger partial charge in [-0.1, -0.05) is 42.7 Å². The third kappa shape index (κ3) is 5.78. The van der Waals surface area contributed by atoms with E-state index in [-0.39, 0.29) is 0 Å². The highest BCUT2D eigenvalue weighted by atomic mass is 35.5. The molecule has 1 aromatic heterocycles. The van der Waals surface area contributed by atoms with Gasteiger partial charge in [0.25, 0.3) is 0 Å². The maximum Gasteiger partial charge on any atom is 0.191 e. The number of rotatable bonds is 8. The van der Waals surface area contributed by atoms with E-state index in [1.54, 1.807) is 0 Å². The van der Waals surface area contributed by atoms with Gasteiger partial charge in [0.15, 0.2) is 5.96 Å². The van der Waals surface area contributed by atoms with Crippen LogP contribution in [0.5, 0.6) is 0 Å². The highest BCUT2D eigenvalue weighted by Crippen LogP contribution is 2.16. The molecule has 136 valence electrons. The molecule has 0 spiro atoms. The van der Waals surface area contributed by atoms with Crippen molar-refractivity contribution in [3.8, 4) is 0 Å². The zero-order chi connectivity index (χ0) is 18.1. The summed E-state index contributed by atoms with van der Waals surface area (Å²) in [6, 6.07) is 7.93. The molecule has 0 bridgehead atoms. The molecule has 25 heavy (non-hydrogen) atoms. The van der Waals surface area contributed by atoms with E-state index in [0.29, 0.717) is 6.54 Å². The van der Waals surface area contributed by atoms with Crippen LogP contribution >= 0.6 is 11.6 Å². The van der Waals surface area contributed by atoms with Crippen molar-refractivity contribution in [1.29, 1.82) is 0 Å². The van der Waals surface area contributed by atoms with Crippen molar-refractivity contribution in [2.24, 2.45) is 4.99 Å². The van der Waals surface area contributed by atoms with E-state index in [1.165, 1.54) is 5.56 Å². The fourth-order valence-electron chi connectivity index (χ4n) is 2.59. The number of aryl methyl sites for hydroxylation is 2.